The number of likely N-dealkylation sites (tertiary alicyclic amines) is 1. The summed E-state index contributed by atoms with van der Waals surface area (Å²) in [5.74, 6) is 2.07. The maximum atomic E-state index is 3.88. The van der Waals surface area contributed by atoms with Gasteiger partial charge in [0.25, 0.3) is 0 Å². The summed E-state index contributed by atoms with van der Waals surface area (Å²) in [5.41, 5.74) is 0.546. The van der Waals surface area contributed by atoms with Crippen LogP contribution in [0.25, 0.3) is 0 Å². The fourth-order valence-corrected chi connectivity index (χ4v) is 3.75. The van der Waals surface area contributed by atoms with Gasteiger partial charge in [0.1, 0.15) is 0 Å². The van der Waals surface area contributed by atoms with E-state index in [1.807, 2.05) is 0 Å². The Balaban J connectivity index is 1.38. The summed E-state index contributed by atoms with van der Waals surface area (Å²) in [7, 11) is 0. The second-order valence-electron chi connectivity index (χ2n) is 7.70. The van der Waals surface area contributed by atoms with E-state index in [0.29, 0.717) is 5.41 Å². The Labute approximate surface area is 113 Å². The molecule has 0 aromatic heterocycles. The number of hydrogen-bond donors (Lipinski definition) is 1. The molecule has 2 nitrogen and oxygen atoms in total. The van der Waals surface area contributed by atoms with Crippen LogP contribution in [0.1, 0.15) is 52.4 Å². The van der Waals surface area contributed by atoms with Crippen molar-refractivity contribution in [1.82, 2.24) is 10.2 Å². The van der Waals surface area contributed by atoms with E-state index in [4.69, 9.17) is 0 Å². The predicted octanol–water partition coefficient (Wildman–Crippen LogP) is 2.89. The maximum absolute atomic E-state index is 3.88. The first-order chi connectivity index (χ1) is 8.64. The van der Waals surface area contributed by atoms with Gasteiger partial charge in [-0.15, -0.1) is 0 Å². The molecule has 2 saturated carbocycles. The lowest BCUT2D eigenvalue weighted by Gasteiger charge is -2.38. The number of piperidine rings is 1. The zero-order valence-corrected chi connectivity index (χ0v) is 12.3. The molecule has 104 valence electrons. The Morgan fingerprint density at radius 1 is 1.17 bits per heavy atom. The molecule has 0 amide bonds. The molecule has 1 heterocycles. The highest BCUT2D eigenvalue weighted by Crippen LogP contribution is 2.44. The lowest BCUT2D eigenvalue weighted by Crippen LogP contribution is -2.45. The Morgan fingerprint density at radius 2 is 1.83 bits per heavy atom. The molecule has 1 aliphatic heterocycles. The molecular weight excluding hydrogens is 220 g/mol. The molecule has 0 aromatic rings. The van der Waals surface area contributed by atoms with Gasteiger partial charge in [0.2, 0.25) is 0 Å². The smallest absolute Gasteiger partial charge is 0.0124 e. The molecule has 2 aliphatic carbocycles. The summed E-state index contributed by atoms with van der Waals surface area (Å²) in [5, 5.41) is 3.88. The van der Waals surface area contributed by atoms with Crippen LogP contribution in [0.15, 0.2) is 0 Å². The summed E-state index contributed by atoms with van der Waals surface area (Å²) in [4.78, 5) is 2.67. The van der Waals surface area contributed by atoms with Crippen molar-refractivity contribution >= 4 is 0 Å². The van der Waals surface area contributed by atoms with E-state index in [-0.39, 0.29) is 0 Å². The number of nitrogens with one attached hydrogen (secondary N) is 1. The first-order valence-electron chi connectivity index (χ1n) is 8.10. The van der Waals surface area contributed by atoms with Gasteiger partial charge in [-0.05, 0) is 62.3 Å². The van der Waals surface area contributed by atoms with E-state index >= 15 is 0 Å². The summed E-state index contributed by atoms with van der Waals surface area (Å²) >= 11 is 0. The van der Waals surface area contributed by atoms with Gasteiger partial charge in [0, 0.05) is 25.7 Å². The zero-order chi connectivity index (χ0) is 12.6. The quantitative estimate of drug-likeness (QED) is 0.780. The minimum atomic E-state index is 0.546. The number of rotatable bonds is 6. The van der Waals surface area contributed by atoms with Crippen molar-refractivity contribution in [3.63, 3.8) is 0 Å². The fraction of sp³-hybridized carbons (Fsp3) is 1.00. The molecule has 2 heteroatoms. The molecule has 1 saturated heterocycles. The molecule has 3 aliphatic rings. The third-order valence-corrected chi connectivity index (χ3v) is 5.05. The van der Waals surface area contributed by atoms with Gasteiger partial charge in [-0.2, -0.15) is 0 Å². The third-order valence-electron chi connectivity index (χ3n) is 5.05. The van der Waals surface area contributed by atoms with Crippen LogP contribution in [0.2, 0.25) is 0 Å². The van der Waals surface area contributed by atoms with Crippen LogP contribution in [0.4, 0.5) is 0 Å². The Hall–Kier alpha value is -0.0800. The normalized spacial score (nSPS) is 28.8. The lowest BCUT2D eigenvalue weighted by atomic mass is 9.84. The molecule has 18 heavy (non-hydrogen) atoms. The Morgan fingerprint density at radius 3 is 2.39 bits per heavy atom. The van der Waals surface area contributed by atoms with Crippen LogP contribution in [-0.4, -0.2) is 37.1 Å². The SMILES string of the molecule is CC1(C)CCCN(CCNC(C2CC2)C2CC2)C1. The monoisotopic (exact) mass is 250 g/mol. The predicted molar refractivity (Wildman–Crippen MR) is 76.7 cm³/mol. The standard InChI is InChI=1S/C16H30N2/c1-16(2)8-3-10-18(12-16)11-9-17-15(13-4-5-13)14-6-7-14/h13-15,17H,3-12H2,1-2H3. The molecule has 3 fully saturated rings. The largest absolute Gasteiger partial charge is 0.312 e. The van der Waals surface area contributed by atoms with Crippen molar-refractivity contribution in [2.75, 3.05) is 26.2 Å². The van der Waals surface area contributed by atoms with Gasteiger partial charge in [-0.25, -0.2) is 0 Å². The van der Waals surface area contributed by atoms with Gasteiger partial charge < -0.3 is 10.2 Å². The van der Waals surface area contributed by atoms with E-state index in [9.17, 15) is 0 Å². The Bertz CT molecular complexity index is 267. The second kappa shape index (κ2) is 5.13. The van der Waals surface area contributed by atoms with Gasteiger partial charge in [-0.3, -0.25) is 0 Å². The van der Waals surface area contributed by atoms with E-state index in [1.54, 1.807) is 0 Å². The molecule has 0 aromatic carbocycles. The molecule has 0 radical (unpaired) electrons. The summed E-state index contributed by atoms with van der Waals surface area (Å²) < 4.78 is 0. The highest BCUT2D eigenvalue weighted by Gasteiger charge is 2.41. The topological polar surface area (TPSA) is 15.3 Å². The van der Waals surface area contributed by atoms with Crippen molar-refractivity contribution in [3.8, 4) is 0 Å². The molecule has 0 unspecified atom stereocenters. The van der Waals surface area contributed by atoms with Crippen LogP contribution in [0.5, 0.6) is 0 Å². The molecule has 0 spiro atoms. The summed E-state index contributed by atoms with van der Waals surface area (Å²) in [6.07, 6.45) is 8.76. The van der Waals surface area contributed by atoms with Crippen molar-refractivity contribution in [1.29, 1.82) is 0 Å². The zero-order valence-electron chi connectivity index (χ0n) is 12.3. The van der Waals surface area contributed by atoms with Crippen LogP contribution in [0, 0.1) is 17.3 Å². The average molecular weight is 250 g/mol. The van der Waals surface area contributed by atoms with Crippen molar-refractivity contribution in [2.45, 2.75) is 58.4 Å². The molecule has 0 atom stereocenters. The van der Waals surface area contributed by atoms with Crippen LogP contribution >= 0.6 is 0 Å². The van der Waals surface area contributed by atoms with Crippen molar-refractivity contribution in [3.05, 3.63) is 0 Å². The molecule has 3 rings (SSSR count). The maximum Gasteiger partial charge on any atom is 0.0124 e. The van der Waals surface area contributed by atoms with E-state index < -0.39 is 0 Å². The summed E-state index contributed by atoms with van der Waals surface area (Å²) in [6.45, 7) is 9.94. The van der Waals surface area contributed by atoms with Gasteiger partial charge in [0.05, 0.1) is 0 Å². The van der Waals surface area contributed by atoms with Gasteiger partial charge in [-0.1, -0.05) is 13.8 Å². The molecule has 0 bridgehead atoms. The average Bonchev–Trinajstić information content (AvgIpc) is 3.14. The fourth-order valence-electron chi connectivity index (χ4n) is 3.75. The number of nitrogens with zero attached hydrogens (tertiary/aromatic N) is 1. The first kappa shape index (κ1) is 12.9. The lowest BCUT2D eigenvalue weighted by molar-refractivity contribution is 0.117. The highest BCUT2D eigenvalue weighted by atomic mass is 15.2. The van der Waals surface area contributed by atoms with Crippen LogP contribution in [0.3, 0.4) is 0 Å². The van der Waals surface area contributed by atoms with Crippen molar-refractivity contribution < 1.29 is 0 Å². The number of hydrogen-bond acceptors (Lipinski definition) is 2. The van der Waals surface area contributed by atoms with Gasteiger partial charge in [0.15, 0.2) is 0 Å². The van der Waals surface area contributed by atoms with E-state index in [0.717, 1.165) is 17.9 Å². The third kappa shape index (κ3) is 3.48. The summed E-state index contributed by atoms with van der Waals surface area (Å²) in [6, 6.07) is 0.878. The minimum absolute atomic E-state index is 0.546. The van der Waals surface area contributed by atoms with E-state index in [2.05, 4.69) is 24.1 Å². The van der Waals surface area contributed by atoms with Crippen molar-refractivity contribution in [2.24, 2.45) is 17.3 Å². The van der Waals surface area contributed by atoms with Crippen LogP contribution < -0.4 is 5.32 Å². The second-order valence-corrected chi connectivity index (χ2v) is 7.70. The Kier molecular flexibility index (Phi) is 3.68. The van der Waals surface area contributed by atoms with Gasteiger partial charge >= 0.3 is 0 Å². The van der Waals surface area contributed by atoms with E-state index in [1.165, 1.54) is 64.7 Å². The van der Waals surface area contributed by atoms with Crippen LogP contribution in [-0.2, 0) is 0 Å². The molecule has 1 N–H and O–H groups in total. The minimum Gasteiger partial charge on any atom is -0.312 e. The first-order valence-corrected chi connectivity index (χ1v) is 8.10. The molecular formula is C16H30N2. The highest BCUT2D eigenvalue weighted by molar-refractivity contribution is 4.96.